The highest BCUT2D eigenvalue weighted by Crippen LogP contribution is 2.55. The number of esters is 2. The zero-order chi connectivity index (χ0) is 22.9. The molecule has 0 radical (unpaired) electrons. The third kappa shape index (κ3) is 3.53. The van der Waals surface area contributed by atoms with Crippen molar-refractivity contribution in [2.24, 2.45) is 0 Å². The Bertz CT molecular complexity index is 1160. The van der Waals surface area contributed by atoms with Gasteiger partial charge in [0.1, 0.15) is 10.8 Å². The van der Waals surface area contributed by atoms with Gasteiger partial charge in [-0.3, -0.25) is 0 Å². The van der Waals surface area contributed by atoms with Crippen LogP contribution in [0.15, 0.2) is 57.5 Å². The van der Waals surface area contributed by atoms with E-state index in [0.717, 1.165) is 38.7 Å². The van der Waals surface area contributed by atoms with Gasteiger partial charge in [-0.1, -0.05) is 45.9 Å². The van der Waals surface area contributed by atoms with Gasteiger partial charge in [0.2, 0.25) is 0 Å². The number of anilines is 2. The van der Waals surface area contributed by atoms with E-state index in [0.29, 0.717) is 0 Å². The van der Waals surface area contributed by atoms with E-state index in [2.05, 4.69) is 32.6 Å². The lowest BCUT2D eigenvalue weighted by Gasteiger charge is -2.40. The quantitative estimate of drug-likeness (QED) is 0.270. The number of halogens is 1. The van der Waals surface area contributed by atoms with E-state index in [1.54, 1.807) is 13.8 Å². The van der Waals surface area contributed by atoms with Crippen molar-refractivity contribution in [3.63, 3.8) is 0 Å². The summed E-state index contributed by atoms with van der Waals surface area (Å²) >= 11 is 4.66. The van der Waals surface area contributed by atoms with Gasteiger partial charge in [-0.05, 0) is 38.1 Å². The van der Waals surface area contributed by atoms with Crippen LogP contribution in [-0.2, 0) is 24.6 Å². The lowest BCUT2D eigenvalue weighted by atomic mass is 9.76. The average Bonchev–Trinajstić information content (AvgIpc) is 3.15. The van der Waals surface area contributed by atoms with Gasteiger partial charge in [-0.25, -0.2) is 9.59 Å². The van der Waals surface area contributed by atoms with Gasteiger partial charge in [0.15, 0.2) is 5.57 Å². The van der Waals surface area contributed by atoms with Crippen molar-refractivity contribution >= 4 is 51.0 Å². The van der Waals surface area contributed by atoms with Gasteiger partial charge in [-0.2, -0.15) is 5.26 Å². The maximum Gasteiger partial charge on any atom is 0.348 e. The van der Waals surface area contributed by atoms with Crippen molar-refractivity contribution in [3.8, 4) is 6.07 Å². The second kappa shape index (κ2) is 8.88. The number of para-hydroxylation sites is 1. The average molecular weight is 514 g/mol. The van der Waals surface area contributed by atoms with E-state index in [-0.39, 0.29) is 23.8 Å². The summed E-state index contributed by atoms with van der Waals surface area (Å²) in [5.74, 6) is -1.57. The minimum absolute atomic E-state index is 0.106. The number of benzene rings is 2. The predicted molar refractivity (Wildman–Crippen MR) is 125 cm³/mol. The van der Waals surface area contributed by atoms with Crippen molar-refractivity contribution in [3.05, 3.63) is 68.7 Å². The van der Waals surface area contributed by atoms with E-state index in [4.69, 9.17) is 9.47 Å². The fourth-order valence-corrected chi connectivity index (χ4v) is 5.64. The van der Waals surface area contributed by atoms with Gasteiger partial charge in [0.25, 0.3) is 0 Å². The second-order valence-corrected chi connectivity index (χ2v) is 9.10. The summed E-state index contributed by atoms with van der Waals surface area (Å²) in [5, 5.41) is 16.6. The molecule has 7 nitrogen and oxygen atoms in total. The smallest absolute Gasteiger partial charge is 0.348 e. The van der Waals surface area contributed by atoms with Crippen LogP contribution in [0.2, 0.25) is 0 Å². The first-order chi connectivity index (χ1) is 15.5. The normalized spacial score (nSPS) is 20.3. The molecule has 2 N–H and O–H groups in total. The SMILES string of the molecule is CCOC(=O)C(C(=O)OCC)=C1NC2(c3ccccc3Nc3ccc(Br)cc32)C(C#N)S1. The van der Waals surface area contributed by atoms with Crippen molar-refractivity contribution in [2.45, 2.75) is 24.6 Å². The molecule has 2 heterocycles. The number of hydrogen-bond donors (Lipinski definition) is 2. The third-order valence-electron chi connectivity index (χ3n) is 5.27. The highest BCUT2D eigenvalue weighted by Gasteiger charge is 2.54. The van der Waals surface area contributed by atoms with E-state index in [9.17, 15) is 14.9 Å². The van der Waals surface area contributed by atoms with Gasteiger partial charge in [-0.15, -0.1) is 0 Å². The summed E-state index contributed by atoms with van der Waals surface area (Å²) in [4.78, 5) is 25.4. The molecule has 2 unspecified atom stereocenters. The maximum absolute atomic E-state index is 12.7. The number of carbonyl (C=O) groups excluding carboxylic acids is 2. The minimum atomic E-state index is -1.00. The number of nitrogens with zero attached hydrogens (tertiary/aromatic N) is 1. The number of carbonyl (C=O) groups is 2. The summed E-state index contributed by atoms with van der Waals surface area (Å²) in [5.41, 5.74) is 2.10. The molecule has 2 aliphatic rings. The van der Waals surface area contributed by atoms with E-state index in [1.807, 2.05) is 42.5 Å². The predicted octanol–water partition coefficient (Wildman–Crippen LogP) is 4.32. The lowest BCUT2D eigenvalue weighted by molar-refractivity contribution is -0.146. The number of ether oxygens (including phenoxy) is 2. The van der Waals surface area contributed by atoms with Crippen molar-refractivity contribution in [1.29, 1.82) is 5.26 Å². The third-order valence-corrected chi connectivity index (χ3v) is 7.00. The molecular weight excluding hydrogens is 494 g/mol. The fourth-order valence-electron chi connectivity index (χ4n) is 4.00. The Morgan fingerprint density at radius 1 is 1.09 bits per heavy atom. The summed E-state index contributed by atoms with van der Waals surface area (Å²) in [6, 6.07) is 15.8. The summed E-state index contributed by atoms with van der Waals surface area (Å²) in [7, 11) is 0. The van der Waals surface area contributed by atoms with Crippen LogP contribution in [0.3, 0.4) is 0 Å². The van der Waals surface area contributed by atoms with Crippen molar-refractivity contribution in [2.75, 3.05) is 18.5 Å². The fraction of sp³-hybridized carbons (Fsp3) is 0.261. The highest BCUT2D eigenvalue weighted by molar-refractivity contribution is 9.10. The maximum atomic E-state index is 12.7. The molecule has 0 aromatic heterocycles. The van der Waals surface area contributed by atoms with E-state index in [1.165, 1.54) is 0 Å². The molecule has 2 aromatic rings. The first-order valence-corrected chi connectivity index (χ1v) is 11.7. The number of rotatable bonds is 4. The van der Waals surface area contributed by atoms with Crippen LogP contribution in [0.1, 0.15) is 25.0 Å². The summed E-state index contributed by atoms with van der Waals surface area (Å²) in [6.07, 6.45) is 0. The Morgan fingerprint density at radius 2 is 1.75 bits per heavy atom. The molecule has 0 aliphatic carbocycles. The monoisotopic (exact) mass is 513 g/mol. The molecule has 0 bridgehead atoms. The standard InChI is InChI=1S/C23H20BrN3O4S/c1-3-30-21(28)19(22(29)31-4-2)20-27-23(18(12-25)32-20)14-7-5-6-8-16(14)26-17-10-9-13(24)11-15(17)23/h5-11,18,26-27H,3-4H2,1-2H3. The van der Waals surface area contributed by atoms with Gasteiger partial charge < -0.3 is 20.1 Å². The molecule has 2 atom stereocenters. The zero-order valence-electron chi connectivity index (χ0n) is 17.4. The summed E-state index contributed by atoms with van der Waals surface area (Å²) < 4.78 is 11.1. The van der Waals surface area contributed by atoms with Crippen LogP contribution in [0.25, 0.3) is 0 Å². The number of fused-ring (bicyclic) bond motifs is 4. The largest absolute Gasteiger partial charge is 0.462 e. The van der Waals surface area contributed by atoms with Crippen molar-refractivity contribution < 1.29 is 19.1 Å². The molecule has 0 amide bonds. The van der Waals surface area contributed by atoms with Crippen LogP contribution >= 0.6 is 27.7 Å². The molecule has 2 aromatic carbocycles. The Balaban J connectivity index is 1.97. The molecule has 4 rings (SSSR count). The van der Waals surface area contributed by atoms with Crippen LogP contribution in [-0.4, -0.2) is 30.4 Å². The number of thioether (sulfide) groups is 1. The lowest BCUT2D eigenvalue weighted by Crippen LogP contribution is -2.47. The van der Waals surface area contributed by atoms with Crippen LogP contribution < -0.4 is 10.6 Å². The van der Waals surface area contributed by atoms with Gasteiger partial charge in [0, 0.05) is 27.0 Å². The van der Waals surface area contributed by atoms with E-state index >= 15 is 0 Å². The molecule has 9 heteroatoms. The molecule has 32 heavy (non-hydrogen) atoms. The Morgan fingerprint density at radius 3 is 2.41 bits per heavy atom. The highest BCUT2D eigenvalue weighted by atomic mass is 79.9. The number of hydrogen-bond acceptors (Lipinski definition) is 8. The van der Waals surface area contributed by atoms with Crippen LogP contribution in [0.5, 0.6) is 0 Å². The first kappa shape index (κ1) is 22.2. The molecule has 1 spiro atoms. The molecular formula is C23H20BrN3O4S. The number of nitriles is 1. The molecule has 2 aliphatic heterocycles. The van der Waals surface area contributed by atoms with Crippen LogP contribution in [0.4, 0.5) is 11.4 Å². The van der Waals surface area contributed by atoms with Crippen LogP contribution in [0, 0.1) is 11.3 Å². The second-order valence-electron chi connectivity index (χ2n) is 7.07. The molecule has 164 valence electrons. The van der Waals surface area contributed by atoms with Gasteiger partial charge >= 0.3 is 11.9 Å². The Kier molecular flexibility index (Phi) is 6.17. The molecule has 0 saturated carbocycles. The Labute approximate surface area is 198 Å². The van der Waals surface area contributed by atoms with E-state index < -0.39 is 22.7 Å². The topological polar surface area (TPSA) is 100 Å². The van der Waals surface area contributed by atoms with Crippen molar-refractivity contribution in [1.82, 2.24) is 5.32 Å². The first-order valence-electron chi connectivity index (χ1n) is 10.1. The molecule has 1 fully saturated rings. The minimum Gasteiger partial charge on any atom is -0.462 e. The van der Waals surface area contributed by atoms with Gasteiger partial charge in [0.05, 0.1) is 24.3 Å². The Hall–Kier alpha value is -2.96. The molecule has 1 saturated heterocycles. The zero-order valence-corrected chi connectivity index (χ0v) is 19.8. The summed E-state index contributed by atoms with van der Waals surface area (Å²) in [6.45, 7) is 3.54. The number of nitrogens with one attached hydrogen (secondary N) is 2.